The number of hydrogen-bond donors (Lipinski definition) is 1. The SMILES string of the molecule is CN(C1CCCCC1)S(=O)(=O)c1ccc(NC(=O)/C=C/c2ccccc2)cc1. The van der Waals surface area contributed by atoms with Crippen LogP contribution in [0.15, 0.2) is 65.6 Å². The predicted molar refractivity (Wildman–Crippen MR) is 112 cm³/mol. The van der Waals surface area contributed by atoms with Crippen molar-refractivity contribution in [3.63, 3.8) is 0 Å². The third-order valence-electron chi connectivity index (χ3n) is 5.11. The average molecular weight is 399 g/mol. The van der Waals surface area contributed by atoms with Gasteiger partial charge in [-0.05, 0) is 48.7 Å². The molecule has 2 aromatic carbocycles. The van der Waals surface area contributed by atoms with Gasteiger partial charge in [-0.15, -0.1) is 0 Å². The molecular formula is C22H26N2O3S. The van der Waals surface area contributed by atoms with E-state index in [0.717, 1.165) is 31.2 Å². The zero-order valence-electron chi connectivity index (χ0n) is 16.0. The van der Waals surface area contributed by atoms with E-state index >= 15 is 0 Å². The third-order valence-corrected chi connectivity index (χ3v) is 7.04. The molecule has 1 aliphatic carbocycles. The van der Waals surface area contributed by atoms with E-state index in [-0.39, 0.29) is 16.8 Å². The van der Waals surface area contributed by atoms with Crippen LogP contribution in [0.5, 0.6) is 0 Å². The van der Waals surface area contributed by atoms with Crippen molar-refractivity contribution in [3.8, 4) is 0 Å². The Morgan fingerprint density at radius 2 is 1.64 bits per heavy atom. The summed E-state index contributed by atoms with van der Waals surface area (Å²) in [6.07, 6.45) is 8.34. The van der Waals surface area contributed by atoms with Crippen LogP contribution in [-0.4, -0.2) is 31.7 Å². The summed E-state index contributed by atoms with van der Waals surface area (Å²) in [7, 11) is -1.86. The van der Waals surface area contributed by atoms with Crippen LogP contribution in [0.1, 0.15) is 37.7 Å². The summed E-state index contributed by atoms with van der Waals surface area (Å²) in [5, 5.41) is 2.75. The third kappa shape index (κ3) is 5.09. The van der Waals surface area contributed by atoms with Crippen molar-refractivity contribution in [2.45, 2.75) is 43.0 Å². The summed E-state index contributed by atoms with van der Waals surface area (Å²) in [5.41, 5.74) is 1.49. The van der Waals surface area contributed by atoms with Gasteiger partial charge < -0.3 is 5.32 Å². The molecule has 0 heterocycles. The molecule has 0 aliphatic heterocycles. The van der Waals surface area contributed by atoms with E-state index in [0.29, 0.717) is 5.69 Å². The summed E-state index contributed by atoms with van der Waals surface area (Å²) in [5.74, 6) is -0.265. The summed E-state index contributed by atoms with van der Waals surface area (Å²) in [6, 6.07) is 15.9. The number of nitrogens with one attached hydrogen (secondary N) is 1. The van der Waals surface area contributed by atoms with Crippen molar-refractivity contribution in [2.75, 3.05) is 12.4 Å². The van der Waals surface area contributed by atoms with Gasteiger partial charge in [-0.1, -0.05) is 49.6 Å². The Morgan fingerprint density at radius 1 is 1.00 bits per heavy atom. The molecule has 0 saturated heterocycles. The summed E-state index contributed by atoms with van der Waals surface area (Å²) in [6.45, 7) is 0. The minimum Gasteiger partial charge on any atom is -0.323 e. The highest BCUT2D eigenvalue weighted by Gasteiger charge is 2.28. The standard InChI is InChI=1S/C22H26N2O3S/c1-24(20-10-6-3-7-11-20)28(26,27)21-15-13-19(14-16-21)23-22(25)17-12-18-8-4-2-5-9-18/h2,4-5,8-9,12-17,20H,3,6-7,10-11H2,1H3,(H,23,25)/b17-12+. The van der Waals surface area contributed by atoms with Gasteiger partial charge in [0.15, 0.2) is 0 Å². The zero-order chi connectivity index (χ0) is 20.0. The van der Waals surface area contributed by atoms with Crippen molar-refractivity contribution < 1.29 is 13.2 Å². The lowest BCUT2D eigenvalue weighted by molar-refractivity contribution is -0.111. The molecule has 3 rings (SSSR count). The smallest absolute Gasteiger partial charge is 0.248 e. The Hall–Kier alpha value is -2.44. The first-order valence-corrected chi connectivity index (χ1v) is 11.0. The largest absolute Gasteiger partial charge is 0.323 e. The van der Waals surface area contributed by atoms with Crippen LogP contribution < -0.4 is 5.32 Å². The number of nitrogens with zero attached hydrogens (tertiary/aromatic N) is 1. The zero-order valence-corrected chi connectivity index (χ0v) is 16.9. The van der Waals surface area contributed by atoms with Gasteiger partial charge in [-0.2, -0.15) is 4.31 Å². The molecule has 1 fully saturated rings. The molecule has 1 amide bonds. The van der Waals surface area contributed by atoms with Crippen LogP contribution in [0.2, 0.25) is 0 Å². The second-order valence-electron chi connectivity index (χ2n) is 7.07. The van der Waals surface area contributed by atoms with Crippen molar-refractivity contribution in [2.24, 2.45) is 0 Å². The van der Waals surface area contributed by atoms with Gasteiger partial charge in [0.05, 0.1) is 4.90 Å². The molecule has 1 N–H and O–H groups in total. The van der Waals surface area contributed by atoms with Gasteiger partial charge in [0.1, 0.15) is 0 Å². The normalized spacial score (nSPS) is 15.8. The highest BCUT2D eigenvalue weighted by Crippen LogP contribution is 2.27. The lowest BCUT2D eigenvalue weighted by atomic mass is 9.96. The fraction of sp³-hybridized carbons (Fsp3) is 0.318. The number of carbonyl (C=O) groups excluding carboxylic acids is 1. The number of amides is 1. The van der Waals surface area contributed by atoms with Crippen molar-refractivity contribution >= 4 is 27.7 Å². The summed E-state index contributed by atoms with van der Waals surface area (Å²) < 4.78 is 27.2. The molecule has 0 atom stereocenters. The fourth-order valence-electron chi connectivity index (χ4n) is 3.44. The number of rotatable bonds is 6. The molecule has 0 spiro atoms. The van der Waals surface area contributed by atoms with Crippen LogP contribution >= 0.6 is 0 Å². The molecule has 2 aromatic rings. The van der Waals surface area contributed by atoms with Gasteiger partial charge in [0.25, 0.3) is 0 Å². The highest BCUT2D eigenvalue weighted by atomic mass is 32.2. The van der Waals surface area contributed by atoms with Gasteiger partial charge in [-0.25, -0.2) is 8.42 Å². The number of benzene rings is 2. The maximum atomic E-state index is 12.9. The highest BCUT2D eigenvalue weighted by molar-refractivity contribution is 7.89. The molecule has 0 aromatic heterocycles. The Kier molecular flexibility index (Phi) is 6.65. The molecule has 1 aliphatic rings. The number of anilines is 1. The summed E-state index contributed by atoms with van der Waals surface area (Å²) >= 11 is 0. The summed E-state index contributed by atoms with van der Waals surface area (Å²) in [4.78, 5) is 12.3. The fourth-order valence-corrected chi connectivity index (χ4v) is 4.85. The molecular weight excluding hydrogens is 372 g/mol. The van der Waals surface area contributed by atoms with Gasteiger partial charge in [-0.3, -0.25) is 4.79 Å². The van der Waals surface area contributed by atoms with Crippen LogP contribution in [0.3, 0.4) is 0 Å². The minimum absolute atomic E-state index is 0.0706. The lowest BCUT2D eigenvalue weighted by Gasteiger charge is -2.30. The van der Waals surface area contributed by atoms with Gasteiger partial charge >= 0.3 is 0 Å². The van der Waals surface area contributed by atoms with Crippen molar-refractivity contribution in [1.82, 2.24) is 4.31 Å². The number of carbonyl (C=O) groups is 1. The van der Waals surface area contributed by atoms with E-state index in [1.807, 2.05) is 30.3 Å². The molecule has 1 saturated carbocycles. The van der Waals surface area contributed by atoms with Crippen molar-refractivity contribution in [1.29, 1.82) is 0 Å². The maximum absolute atomic E-state index is 12.9. The van der Waals surface area contributed by atoms with E-state index in [4.69, 9.17) is 0 Å². The average Bonchev–Trinajstić information content (AvgIpc) is 2.73. The van der Waals surface area contributed by atoms with E-state index in [1.54, 1.807) is 37.4 Å². The Morgan fingerprint density at radius 3 is 2.29 bits per heavy atom. The van der Waals surface area contributed by atoms with Gasteiger partial charge in [0.2, 0.25) is 15.9 Å². The topological polar surface area (TPSA) is 66.5 Å². The molecule has 6 heteroatoms. The predicted octanol–water partition coefficient (Wildman–Crippen LogP) is 4.29. The lowest BCUT2D eigenvalue weighted by Crippen LogP contribution is -2.38. The van der Waals surface area contributed by atoms with E-state index in [9.17, 15) is 13.2 Å². The Balaban J connectivity index is 1.64. The molecule has 0 bridgehead atoms. The minimum atomic E-state index is -3.52. The second kappa shape index (κ2) is 9.17. The number of hydrogen-bond acceptors (Lipinski definition) is 3. The molecule has 148 valence electrons. The Bertz CT molecular complexity index is 916. The second-order valence-corrected chi connectivity index (χ2v) is 9.07. The van der Waals surface area contributed by atoms with Crippen molar-refractivity contribution in [3.05, 3.63) is 66.2 Å². The number of sulfonamides is 1. The molecule has 0 radical (unpaired) electrons. The van der Waals surface area contributed by atoms with E-state index in [2.05, 4.69) is 5.32 Å². The molecule has 28 heavy (non-hydrogen) atoms. The quantitative estimate of drug-likeness (QED) is 0.738. The first-order chi connectivity index (χ1) is 13.5. The maximum Gasteiger partial charge on any atom is 0.248 e. The van der Waals surface area contributed by atoms with Crippen LogP contribution in [-0.2, 0) is 14.8 Å². The van der Waals surface area contributed by atoms with E-state index < -0.39 is 10.0 Å². The van der Waals surface area contributed by atoms with Crippen LogP contribution in [0.25, 0.3) is 6.08 Å². The Labute approximate surface area is 167 Å². The van der Waals surface area contributed by atoms with Gasteiger partial charge in [0, 0.05) is 24.9 Å². The van der Waals surface area contributed by atoms with E-state index in [1.165, 1.54) is 16.8 Å². The first kappa shape index (κ1) is 20.3. The monoisotopic (exact) mass is 398 g/mol. The molecule has 0 unspecified atom stereocenters. The van der Waals surface area contributed by atoms with Crippen LogP contribution in [0, 0.1) is 0 Å². The first-order valence-electron chi connectivity index (χ1n) is 9.59. The van der Waals surface area contributed by atoms with Crippen LogP contribution in [0.4, 0.5) is 5.69 Å². The molecule has 5 nitrogen and oxygen atoms in total.